The number of hydrogen-bond acceptors (Lipinski definition) is 6. The number of halogens is 1. The summed E-state index contributed by atoms with van der Waals surface area (Å²) in [7, 11) is 0. The molecular weight excluding hydrogens is 483 g/mol. The number of benzene rings is 2. The summed E-state index contributed by atoms with van der Waals surface area (Å²) in [5.41, 5.74) is -0.803. The summed E-state index contributed by atoms with van der Waals surface area (Å²) >= 11 is 0. The number of nitrogens with zero attached hydrogens (tertiary/aromatic N) is 4. The molecule has 0 aliphatic carbocycles. The van der Waals surface area contributed by atoms with Crippen molar-refractivity contribution in [3.63, 3.8) is 0 Å². The number of non-ortho nitro benzene ring substituents is 1. The van der Waals surface area contributed by atoms with Gasteiger partial charge in [0.1, 0.15) is 17.6 Å². The predicted molar refractivity (Wildman–Crippen MR) is 129 cm³/mol. The normalized spacial score (nSPS) is 20.9. The molecule has 1 atom stereocenters. The summed E-state index contributed by atoms with van der Waals surface area (Å²) in [6, 6.07) is 9.94. The zero-order chi connectivity index (χ0) is 26.2. The van der Waals surface area contributed by atoms with Gasteiger partial charge in [0.05, 0.1) is 11.5 Å². The van der Waals surface area contributed by atoms with E-state index in [0.717, 1.165) is 12.8 Å². The molecule has 3 aliphatic heterocycles. The quantitative estimate of drug-likeness (QED) is 0.462. The van der Waals surface area contributed by atoms with Gasteiger partial charge in [-0.1, -0.05) is 6.07 Å². The second-order valence-electron chi connectivity index (χ2n) is 9.59. The van der Waals surface area contributed by atoms with E-state index in [1.165, 1.54) is 53.4 Å². The average molecular weight is 511 g/mol. The number of carbonyl (C=O) groups is 3. The van der Waals surface area contributed by atoms with E-state index < -0.39 is 28.4 Å². The number of ether oxygens (including phenoxy) is 1. The van der Waals surface area contributed by atoms with Crippen molar-refractivity contribution in [2.75, 3.05) is 32.8 Å². The van der Waals surface area contributed by atoms with Crippen LogP contribution in [-0.2, 0) is 9.53 Å². The summed E-state index contributed by atoms with van der Waals surface area (Å²) in [6.45, 7) is 1.78. The standard InChI is InChI=1S/C26H27FN4O6/c27-20-8-6-18(7-9-20)24(33)30-22(25(34)28-12-1-2-13-28)17-37-26(30)10-14-29(15-11-26)23(32)19-4-3-5-21(16-19)31(35)36/h3-9,16,22H,1-2,10-15,17H2/t22-/m1/s1. The van der Waals surface area contributed by atoms with Gasteiger partial charge in [-0.3, -0.25) is 29.4 Å². The fraction of sp³-hybridized carbons (Fsp3) is 0.423. The highest BCUT2D eigenvalue weighted by Crippen LogP contribution is 2.39. The van der Waals surface area contributed by atoms with Crippen LogP contribution in [0.15, 0.2) is 48.5 Å². The largest absolute Gasteiger partial charge is 0.353 e. The molecule has 3 aliphatic rings. The van der Waals surface area contributed by atoms with Gasteiger partial charge in [-0.15, -0.1) is 0 Å². The van der Waals surface area contributed by atoms with Crippen LogP contribution in [0.25, 0.3) is 0 Å². The smallest absolute Gasteiger partial charge is 0.270 e. The minimum Gasteiger partial charge on any atom is -0.353 e. The summed E-state index contributed by atoms with van der Waals surface area (Å²) in [4.78, 5) is 55.6. The average Bonchev–Trinajstić information content (AvgIpc) is 3.57. The Balaban J connectivity index is 1.38. The van der Waals surface area contributed by atoms with Crippen molar-refractivity contribution < 1.29 is 28.4 Å². The van der Waals surface area contributed by atoms with Crippen LogP contribution in [-0.4, -0.2) is 81.9 Å². The zero-order valence-electron chi connectivity index (χ0n) is 20.2. The van der Waals surface area contributed by atoms with Crippen molar-refractivity contribution in [1.82, 2.24) is 14.7 Å². The van der Waals surface area contributed by atoms with Gasteiger partial charge in [-0.25, -0.2) is 4.39 Å². The molecular formula is C26H27FN4O6. The molecule has 37 heavy (non-hydrogen) atoms. The van der Waals surface area contributed by atoms with Crippen LogP contribution < -0.4 is 0 Å². The minimum absolute atomic E-state index is 0.0428. The van der Waals surface area contributed by atoms with Crippen LogP contribution in [0.1, 0.15) is 46.4 Å². The van der Waals surface area contributed by atoms with Gasteiger partial charge in [0, 0.05) is 62.3 Å². The van der Waals surface area contributed by atoms with Gasteiger partial charge in [0.25, 0.3) is 17.5 Å². The van der Waals surface area contributed by atoms with Crippen molar-refractivity contribution in [3.8, 4) is 0 Å². The third-order valence-electron chi connectivity index (χ3n) is 7.41. The van der Waals surface area contributed by atoms with E-state index in [0.29, 0.717) is 13.1 Å². The lowest BCUT2D eigenvalue weighted by atomic mass is 9.96. The van der Waals surface area contributed by atoms with Crippen molar-refractivity contribution >= 4 is 23.4 Å². The fourth-order valence-corrected chi connectivity index (χ4v) is 5.43. The SMILES string of the molecule is O=C(c1cccc([N+](=O)[O-])c1)N1CCC2(CC1)OC[C@H](C(=O)N1CCCC1)N2C(=O)c1ccc(F)cc1. The Bertz CT molecular complexity index is 1220. The topological polar surface area (TPSA) is 113 Å². The molecule has 0 bridgehead atoms. The summed E-state index contributed by atoms with van der Waals surface area (Å²) in [5.74, 6) is -1.41. The van der Waals surface area contributed by atoms with Crippen LogP contribution in [0.5, 0.6) is 0 Å². The van der Waals surface area contributed by atoms with Gasteiger partial charge in [0.2, 0.25) is 5.91 Å². The number of likely N-dealkylation sites (tertiary alicyclic amines) is 2. The van der Waals surface area contributed by atoms with Crippen molar-refractivity contribution in [3.05, 3.63) is 75.6 Å². The monoisotopic (exact) mass is 510 g/mol. The first-order valence-electron chi connectivity index (χ1n) is 12.3. The molecule has 0 radical (unpaired) electrons. The number of nitro groups is 1. The maximum absolute atomic E-state index is 13.7. The highest BCUT2D eigenvalue weighted by Gasteiger charge is 2.55. The van der Waals surface area contributed by atoms with E-state index in [2.05, 4.69) is 0 Å². The van der Waals surface area contributed by atoms with Gasteiger partial charge >= 0.3 is 0 Å². The van der Waals surface area contributed by atoms with E-state index in [-0.39, 0.29) is 61.2 Å². The van der Waals surface area contributed by atoms with Crippen LogP contribution in [0.3, 0.4) is 0 Å². The number of amides is 3. The molecule has 2 aromatic carbocycles. The maximum atomic E-state index is 13.7. The summed E-state index contributed by atoms with van der Waals surface area (Å²) in [6.07, 6.45) is 2.35. The Kier molecular flexibility index (Phi) is 6.63. The molecule has 0 aromatic heterocycles. The second-order valence-corrected chi connectivity index (χ2v) is 9.59. The lowest BCUT2D eigenvalue weighted by Crippen LogP contribution is -2.60. The molecule has 0 unspecified atom stereocenters. The molecule has 1 spiro atoms. The molecule has 0 saturated carbocycles. The van der Waals surface area contributed by atoms with Crippen LogP contribution >= 0.6 is 0 Å². The van der Waals surface area contributed by atoms with E-state index >= 15 is 0 Å². The molecule has 11 heteroatoms. The lowest BCUT2D eigenvalue weighted by molar-refractivity contribution is -0.384. The van der Waals surface area contributed by atoms with Crippen LogP contribution in [0.4, 0.5) is 10.1 Å². The van der Waals surface area contributed by atoms with E-state index in [1.807, 2.05) is 0 Å². The number of piperidine rings is 1. The Hall–Kier alpha value is -3.86. The predicted octanol–water partition coefficient (Wildman–Crippen LogP) is 2.83. The first kappa shape index (κ1) is 24.8. The second kappa shape index (κ2) is 9.89. The van der Waals surface area contributed by atoms with Crippen molar-refractivity contribution in [2.45, 2.75) is 37.5 Å². The molecule has 0 N–H and O–H groups in total. The Morgan fingerprint density at radius 1 is 0.919 bits per heavy atom. The number of rotatable bonds is 4. The summed E-state index contributed by atoms with van der Waals surface area (Å²) in [5, 5.41) is 11.1. The maximum Gasteiger partial charge on any atom is 0.270 e. The third kappa shape index (κ3) is 4.66. The fourth-order valence-electron chi connectivity index (χ4n) is 5.43. The first-order valence-corrected chi connectivity index (χ1v) is 12.3. The highest BCUT2D eigenvalue weighted by molar-refractivity contribution is 5.99. The summed E-state index contributed by atoms with van der Waals surface area (Å²) < 4.78 is 19.7. The molecule has 2 aromatic rings. The van der Waals surface area contributed by atoms with Crippen LogP contribution in [0.2, 0.25) is 0 Å². The molecule has 10 nitrogen and oxygen atoms in total. The molecule has 3 saturated heterocycles. The lowest BCUT2D eigenvalue weighted by Gasteiger charge is -2.44. The molecule has 3 fully saturated rings. The molecule has 3 amide bonds. The highest BCUT2D eigenvalue weighted by atomic mass is 19.1. The van der Waals surface area contributed by atoms with Crippen LogP contribution in [0, 0.1) is 15.9 Å². The van der Waals surface area contributed by atoms with Gasteiger partial charge < -0.3 is 14.5 Å². The minimum atomic E-state index is -1.09. The molecule has 194 valence electrons. The van der Waals surface area contributed by atoms with Gasteiger partial charge in [-0.2, -0.15) is 0 Å². The molecule has 3 heterocycles. The Morgan fingerprint density at radius 2 is 1.59 bits per heavy atom. The number of carbonyl (C=O) groups excluding carboxylic acids is 3. The zero-order valence-corrected chi connectivity index (χ0v) is 20.2. The Labute approximate surface area is 212 Å². The Morgan fingerprint density at radius 3 is 2.24 bits per heavy atom. The number of hydrogen-bond donors (Lipinski definition) is 0. The third-order valence-corrected chi connectivity index (χ3v) is 7.41. The van der Waals surface area contributed by atoms with Crippen molar-refractivity contribution in [1.29, 1.82) is 0 Å². The van der Waals surface area contributed by atoms with Gasteiger partial charge in [0.15, 0.2) is 0 Å². The molecule has 5 rings (SSSR count). The van der Waals surface area contributed by atoms with E-state index in [1.54, 1.807) is 9.80 Å². The van der Waals surface area contributed by atoms with E-state index in [4.69, 9.17) is 4.74 Å². The first-order chi connectivity index (χ1) is 17.8. The van der Waals surface area contributed by atoms with E-state index in [9.17, 15) is 28.9 Å². The van der Waals surface area contributed by atoms with Gasteiger partial charge in [-0.05, 0) is 43.2 Å². The van der Waals surface area contributed by atoms with Crippen molar-refractivity contribution in [2.24, 2.45) is 0 Å². The number of nitro benzene ring substituents is 1.